The molecule has 14 nitrogen and oxygen atoms in total. The van der Waals surface area contributed by atoms with Crippen molar-refractivity contribution >= 4 is 35.6 Å². The van der Waals surface area contributed by atoms with Crippen molar-refractivity contribution in [1.82, 2.24) is 16.0 Å². The first-order valence-corrected chi connectivity index (χ1v) is 12.4. The van der Waals surface area contributed by atoms with Gasteiger partial charge in [-0.05, 0) is 36.5 Å². The Kier molecular flexibility index (Phi) is 13.4. The van der Waals surface area contributed by atoms with E-state index in [0.29, 0.717) is 12.0 Å². The van der Waals surface area contributed by atoms with Crippen LogP contribution in [0.2, 0.25) is 0 Å². The summed E-state index contributed by atoms with van der Waals surface area (Å²) in [5.41, 5.74) is 6.21. The van der Waals surface area contributed by atoms with Crippen LogP contribution in [0.3, 0.4) is 0 Å². The van der Waals surface area contributed by atoms with Crippen LogP contribution in [-0.2, 0) is 35.2 Å². The molecule has 0 aliphatic carbocycles. The zero-order chi connectivity index (χ0) is 29.7. The van der Waals surface area contributed by atoms with Crippen molar-refractivity contribution < 1.29 is 49.2 Å². The molecule has 0 radical (unpaired) electrons. The van der Waals surface area contributed by atoms with Crippen molar-refractivity contribution in [2.45, 2.75) is 76.5 Å². The Bertz CT molecular complexity index is 1030. The van der Waals surface area contributed by atoms with Crippen LogP contribution in [0, 0.1) is 5.92 Å². The second-order valence-corrected chi connectivity index (χ2v) is 9.17. The maximum atomic E-state index is 13.1. The topological polar surface area (TPSA) is 245 Å². The van der Waals surface area contributed by atoms with Gasteiger partial charge in [0.1, 0.15) is 23.9 Å². The summed E-state index contributed by atoms with van der Waals surface area (Å²) < 4.78 is 0. The molecule has 1 rings (SSSR count). The number of carboxylic acids is 3. The number of hydrogen-bond acceptors (Lipinski definition) is 8. The number of benzene rings is 1. The first kappa shape index (κ1) is 32.8. The number of aromatic hydroxyl groups is 1. The van der Waals surface area contributed by atoms with E-state index in [1.165, 1.54) is 24.3 Å². The first-order valence-electron chi connectivity index (χ1n) is 12.4. The Balaban J connectivity index is 3.05. The van der Waals surface area contributed by atoms with Gasteiger partial charge in [-0.15, -0.1) is 0 Å². The van der Waals surface area contributed by atoms with Crippen LogP contribution >= 0.6 is 0 Å². The second-order valence-electron chi connectivity index (χ2n) is 9.17. The standard InChI is InChI=1S/C25H36N4O10/c1-3-13(2)21(24(37)28-18(25(38)39)12-14-4-6-15(30)7-5-14)29-23(36)17(9-11-20(33)34)27-22(35)16(26)8-10-19(31)32/h4-7,13,16-18,21,30H,3,8-12,26H2,1-2H3,(H,27,35)(H,28,37)(H,29,36)(H,31,32)(H,33,34)(H,38,39). The fourth-order valence-electron chi connectivity index (χ4n) is 3.51. The van der Waals surface area contributed by atoms with E-state index in [-0.39, 0.29) is 25.0 Å². The minimum Gasteiger partial charge on any atom is -0.508 e. The van der Waals surface area contributed by atoms with Crippen molar-refractivity contribution in [2.24, 2.45) is 11.7 Å². The average molecular weight is 553 g/mol. The molecule has 14 heteroatoms. The van der Waals surface area contributed by atoms with E-state index < -0.39 is 78.6 Å². The van der Waals surface area contributed by atoms with E-state index in [0.717, 1.165) is 0 Å². The number of carbonyl (C=O) groups excluding carboxylic acids is 3. The molecule has 9 N–H and O–H groups in total. The lowest BCUT2D eigenvalue weighted by molar-refractivity contribution is -0.142. The SMILES string of the molecule is CCC(C)C(NC(=O)C(CCC(=O)O)NC(=O)C(N)CCC(=O)O)C(=O)NC(Cc1ccc(O)cc1)C(=O)O. The number of phenolic OH excluding ortho intramolecular Hbond substituents is 1. The van der Waals surface area contributed by atoms with Crippen LogP contribution in [0.25, 0.3) is 0 Å². The molecule has 5 atom stereocenters. The number of rotatable bonds is 17. The Morgan fingerprint density at radius 2 is 1.33 bits per heavy atom. The molecular formula is C25H36N4O10. The predicted octanol–water partition coefficient (Wildman–Crippen LogP) is -0.423. The van der Waals surface area contributed by atoms with Crippen molar-refractivity contribution in [2.75, 3.05) is 0 Å². The third kappa shape index (κ3) is 11.8. The fourth-order valence-corrected chi connectivity index (χ4v) is 3.51. The van der Waals surface area contributed by atoms with Crippen LogP contribution in [-0.4, -0.2) is 80.2 Å². The van der Waals surface area contributed by atoms with Gasteiger partial charge in [-0.2, -0.15) is 0 Å². The number of nitrogens with two attached hydrogens (primary N) is 1. The minimum absolute atomic E-state index is 0.0124. The summed E-state index contributed by atoms with van der Waals surface area (Å²) >= 11 is 0. The third-order valence-corrected chi connectivity index (χ3v) is 6.07. The molecule has 0 spiro atoms. The lowest BCUT2D eigenvalue weighted by Gasteiger charge is -2.28. The van der Waals surface area contributed by atoms with Gasteiger partial charge in [0.15, 0.2) is 0 Å². The number of phenols is 1. The zero-order valence-electron chi connectivity index (χ0n) is 21.8. The van der Waals surface area contributed by atoms with Gasteiger partial charge in [0.05, 0.1) is 6.04 Å². The van der Waals surface area contributed by atoms with Gasteiger partial charge in [-0.3, -0.25) is 24.0 Å². The number of carboxylic acid groups (broad SMARTS) is 3. The summed E-state index contributed by atoms with van der Waals surface area (Å²) in [4.78, 5) is 72.3. The van der Waals surface area contributed by atoms with E-state index in [1.54, 1.807) is 13.8 Å². The molecule has 3 amide bonds. The highest BCUT2D eigenvalue weighted by Gasteiger charge is 2.33. The molecule has 216 valence electrons. The third-order valence-electron chi connectivity index (χ3n) is 6.07. The Hall–Kier alpha value is -4.20. The normalized spacial score (nSPS) is 14.6. The number of hydrogen-bond donors (Lipinski definition) is 8. The number of amides is 3. The number of nitrogens with one attached hydrogen (secondary N) is 3. The molecule has 0 aromatic heterocycles. The molecule has 0 saturated carbocycles. The molecule has 0 aliphatic rings. The zero-order valence-corrected chi connectivity index (χ0v) is 21.8. The summed E-state index contributed by atoms with van der Waals surface area (Å²) in [6, 6.07) is 0.482. The van der Waals surface area contributed by atoms with Gasteiger partial charge in [0, 0.05) is 19.3 Å². The van der Waals surface area contributed by atoms with Gasteiger partial charge in [0.2, 0.25) is 17.7 Å². The monoisotopic (exact) mass is 552 g/mol. The van der Waals surface area contributed by atoms with Crippen LogP contribution in [0.5, 0.6) is 5.75 Å². The van der Waals surface area contributed by atoms with Crippen molar-refractivity contribution in [1.29, 1.82) is 0 Å². The Morgan fingerprint density at radius 1 is 0.795 bits per heavy atom. The van der Waals surface area contributed by atoms with Crippen LogP contribution in [0.15, 0.2) is 24.3 Å². The summed E-state index contributed by atoms with van der Waals surface area (Å²) in [7, 11) is 0. The highest BCUT2D eigenvalue weighted by atomic mass is 16.4. The summed E-state index contributed by atoms with van der Waals surface area (Å²) in [5, 5.41) is 44.1. The van der Waals surface area contributed by atoms with Gasteiger partial charge in [0.25, 0.3) is 0 Å². The maximum Gasteiger partial charge on any atom is 0.326 e. The van der Waals surface area contributed by atoms with E-state index in [9.17, 15) is 39.0 Å². The van der Waals surface area contributed by atoms with E-state index in [1.807, 2.05) is 0 Å². The molecule has 1 aromatic rings. The molecule has 0 fully saturated rings. The van der Waals surface area contributed by atoms with Gasteiger partial charge >= 0.3 is 17.9 Å². The lowest BCUT2D eigenvalue weighted by atomic mass is 9.96. The van der Waals surface area contributed by atoms with Crippen molar-refractivity contribution in [3.8, 4) is 5.75 Å². The summed E-state index contributed by atoms with van der Waals surface area (Å²) in [6.45, 7) is 3.39. The summed E-state index contributed by atoms with van der Waals surface area (Å²) in [5.74, 6) is -6.80. The van der Waals surface area contributed by atoms with Gasteiger partial charge in [-0.1, -0.05) is 32.4 Å². The van der Waals surface area contributed by atoms with Gasteiger partial charge < -0.3 is 42.1 Å². The van der Waals surface area contributed by atoms with Crippen LogP contribution < -0.4 is 21.7 Å². The number of aliphatic carboxylic acids is 3. The minimum atomic E-state index is -1.41. The van der Waals surface area contributed by atoms with Crippen molar-refractivity contribution in [3.05, 3.63) is 29.8 Å². The van der Waals surface area contributed by atoms with Crippen LogP contribution in [0.4, 0.5) is 0 Å². The van der Waals surface area contributed by atoms with Gasteiger partial charge in [-0.25, -0.2) is 4.79 Å². The van der Waals surface area contributed by atoms with Crippen LogP contribution in [0.1, 0.15) is 51.5 Å². The highest BCUT2D eigenvalue weighted by molar-refractivity contribution is 5.94. The Labute approximate surface area is 225 Å². The highest BCUT2D eigenvalue weighted by Crippen LogP contribution is 2.13. The summed E-state index contributed by atoms with van der Waals surface area (Å²) in [6.07, 6.45) is -1.16. The molecule has 39 heavy (non-hydrogen) atoms. The molecule has 0 aliphatic heterocycles. The second kappa shape index (κ2) is 15.9. The molecular weight excluding hydrogens is 516 g/mol. The predicted molar refractivity (Wildman–Crippen MR) is 136 cm³/mol. The molecule has 0 bridgehead atoms. The smallest absolute Gasteiger partial charge is 0.326 e. The van der Waals surface area contributed by atoms with E-state index >= 15 is 0 Å². The quantitative estimate of drug-likeness (QED) is 0.123. The molecule has 0 saturated heterocycles. The Morgan fingerprint density at radius 3 is 1.85 bits per heavy atom. The fraction of sp³-hybridized carbons (Fsp3) is 0.520. The molecule has 0 heterocycles. The number of carbonyl (C=O) groups is 6. The lowest BCUT2D eigenvalue weighted by Crippen LogP contribution is -2.59. The van der Waals surface area contributed by atoms with Crippen molar-refractivity contribution in [3.63, 3.8) is 0 Å². The molecule has 1 aromatic carbocycles. The van der Waals surface area contributed by atoms with E-state index in [2.05, 4.69) is 16.0 Å². The first-order chi connectivity index (χ1) is 18.2. The molecule has 5 unspecified atom stereocenters. The largest absolute Gasteiger partial charge is 0.508 e. The maximum absolute atomic E-state index is 13.1. The van der Waals surface area contributed by atoms with E-state index in [4.69, 9.17) is 15.9 Å². The average Bonchev–Trinajstić information content (AvgIpc) is 2.87.